The first-order valence-corrected chi connectivity index (χ1v) is 9.34. The van der Waals surface area contributed by atoms with Gasteiger partial charge in [0.05, 0.1) is 12.3 Å². The number of methoxy groups -OCH3 is 1. The lowest BCUT2D eigenvalue weighted by Crippen LogP contribution is -2.16. The van der Waals surface area contributed by atoms with E-state index in [1.807, 2.05) is 0 Å². The molecule has 0 bridgehead atoms. The SMILES string of the molecule is COCCNc1nc2c(c(NCCc3cccs3)n1)CCNCC2. The van der Waals surface area contributed by atoms with Gasteiger partial charge in [-0.2, -0.15) is 4.98 Å². The molecule has 0 amide bonds. The summed E-state index contributed by atoms with van der Waals surface area (Å²) in [5.41, 5.74) is 2.40. The molecule has 7 heteroatoms. The highest BCUT2D eigenvalue weighted by Gasteiger charge is 2.16. The summed E-state index contributed by atoms with van der Waals surface area (Å²) in [5.74, 6) is 1.66. The molecule has 6 nitrogen and oxygen atoms in total. The van der Waals surface area contributed by atoms with Crippen LogP contribution in [-0.2, 0) is 24.0 Å². The topological polar surface area (TPSA) is 71.1 Å². The summed E-state index contributed by atoms with van der Waals surface area (Å²) in [5, 5.41) is 12.3. The van der Waals surface area contributed by atoms with E-state index in [2.05, 4.69) is 33.5 Å². The third kappa shape index (κ3) is 4.66. The van der Waals surface area contributed by atoms with Crippen LogP contribution in [0.25, 0.3) is 0 Å². The van der Waals surface area contributed by atoms with Crippen LogP contribution >= 0.6 is 11.3 Å². The molecule has 3 N–H and O–H groups in total. The average molecular weight is 347 g/mol. The number of aromatic nitrogens is 2. The third-order valence-corrected chi connectivity index (χ3v) is 4.95. The predicted molar refractivity (Wildman–Crippen MR) is 99.2 cm³/mol. The fourth-order valence-corrected chi connectivity index (χ4v) is 3.50. The van der Waals surface area contributed by atoms with E-state index in [4.69, 9.17) is 14.7 Å². The Balaban J connectivity index is 1.72. The Hall–Kier alpha value is -1.70. The van der Waals surface area contributed by atoms with Gasteiger partial charge < -0.3 is 20.7 Å². The highest BCUT2D eigenvalue weighted by atomic mass is 32.1. The van der Waals surface area contributed by atoms with Gasteiger partial charge in [-0.15, -0.1) is 11.3 Å². The van der Waals surface area contributed by atoms with Crippen LogP contribution in [0.4, 0.5) is 11.8 Å². The van der Waals surface area contributed by atoms with Crippen molar-refractivity contribution < 1.29 is 4.74 Å². The molecule has 1 aliphatic rings. The number of rotatable bonds is 8. The Morgan fingerprint density at radius 1 is 1.21 bits per heavy atom. The van der Waals surface area contributed by atoms with Gasteiger partial charge in [-0.3, -0.25) is 0 Å². The minimum Gasteiger partial charge on any atom is -0.383 e. The normalized spacial score (nSPS) is 14.0. The van der Waals surface area contributed by atoms with Gasteiger partial charge in [0.1, 0.15) is 5.82 Å². The highest BCUT2D eigenvalue weighted by Crippen LogP contribution is 2.21. The average Bonchev–Trinajstić information content (AvgIpc) is 2.99. The lowest BCUT2D eigenvalue weighted by atomic mass is 10.1. The van der Waals surface area contributed by atoms with E-state index in [0.29, 0.717) is 19.1 Å². The molecule has 0 spiro atoms. The molecule has 0 fully saturated rings. The minimum atomic E-state index is 0.642. The Labute approximate surface area is 147 Å². The number of thiophene rings is 1. The van der Waals surface area contributed by atoms with Crippen molar-refractivity contribution in [2.45, 2.75) is 19.3 Å². The van der Waals surface area contributed by atoms with Crippen LogP contribution in [0, 0.1) is 0 Å². The first-order valence-electron chi connectivity index (χ1n) is 8.46. The van der Waals surface area contributed by atoms with E-state index in [9.17, 15) is 0 Å². The maximum Gasteiger partial charge on any atom is 0.224 e. The number of nitrogens with one attached hydrogen (secondary N) is 3. The van der Waals surface area contributed by atoms with E-state index < -0.39 is 0 Å². The predicted octanol–water partition coefficient (Wildman–Crippen LogP) is 1.94. The summed E-state index contributed by atoms with van der Waals surface area (Å²) in [6.07, 6.45) is 2.92. The zero-order chi connectivity index (χ0) is 16.6. The van der Waals surface area contributed by atoms with Crippen molar-refractivity contribution in [3.05, 3.63) is 33.6 Å². The van der Waals surface area contributed by atoms with Crippen molar-refractivity contribution in [2.75, 3.05) is 50.5 Å². The van der Waals surface area contributed by atoms with Gasteiger partial charge in [0.25, 0.3) is 0 Å². The second kappa shape index (κ2) is 8.96. The molecule has 0 aliphatic carbocycles. The van der Waals surface area contributed by atoms with Gasteiger partial charge in [0.15, 0.2) is 0 Å². The van der Waals surface area contributed by atoms with Gasteiger partial charge in [-0.25, -0.2) is 4.98 Å². The number of nitrogens with zero attached hydrogens (tertiary/aromatic N) is 2. The van der Waals surface area contributed by atoms with Crippen LogP contribution < -0.4 is 16.0 Å². The Bertz CT molecular complexity index is 632. The van der Waals surface area contributed by atoms with Crippen molar-refractivity contribution in [3.8, 4) is 0 Å². The molecule has 0 aromatic carbocycles. The Morgan fingerprint density at radius 2 is 2.12 bits per heavy atom. The molecule has 0 atom stereocenters. The number of fused-ring (bicyclic) bond motifs is 1. The van der Waals surface area contributed by atoms with Crippen LogP contribution in [0.5, 0.6) is 0 Å². The first kappa shape index (κ1) is 17.1. The lowest BCUT2D eigenvalue weighted by molar-refractivity contribution is 0.210. The molecule has 0 radical (unpaired) electrons. The number of anilines is 2. The van der Waals surface area contributed by atoms with E-state index in [-0.39, 0.29) is 0 Å². The van der Waals surface area contributed by atoms with E-state index >= 15 is 0 Å². The van der Waals surface area contributed by atoms with Crippen molar-refractivity contribution in [1.29, 1.82) is 0 Å². The molecule has 2 aromatic rings. The first-order chi connectivity index (χ1) is 11.9. The lowest BCUT2D eigenvalue weighted by Gasteiger charge is -2.15. The van der Waals surface area contributed by atoms with Gasteiger partial charge >= 0.3 is 0 Å². The Kier molecular flexibility index (Phi) is 6.40. The zero-order valence-corrected chi connectivity index (χ0v) is 14.9. The van der Waals surface area contributed by atoms with Crippen LogP contribution in [-0.4, -0.2) is 49.9 Å². The second-order valence-electron chi connectivity index (χ2n) is 5.75. The highest BCUT2D eigenvalue weighted by molar-refractivity contribution is 7.09. The quantitative estimate of drug-likeness (QED) is 0.634. The summed E-state index contributed by atoms with van der Waals surface area (Å²) in [7, 11) is 1.70. The maximum absolute atomic E-state index is 5.09. The van der Waals surface area contributed by atoms with Gasteiger partial charge in [-0.1, -0.05) is 6.07 Å². The van der Waals surface area contributed by atoms with Crippen molar-refractivity contribution in [1.82, 2.24) is 15.3 Å². The summed E-state index contributed by atoms with van der Waals surface area (Å²) in [6.45, 7) is 4.18. The summed E-state index contributed by atoms with van der Waals surface area (Å²) in [4.78, 5) is 10.8. The third-order valence-electron chi connectivity index (χ3n) is 4.02. The molecule has 3 heterocycles. The fourth-order valence-electron chi connectivity index (χ4n) is 2.79. The standard InChI is InChI=1S/C17H25N5OS/c1-23-11-10-20-17-21-15-6-8-18-7-5-14(15)16(22-17)19-9-4-13-3-2-12-24-13/h2-3,12,18H,4-11H2,1H3,(H2,19,20,21,22). The van der Waals surface area contributed by atoms with Gasteiger partial charge in [0, 0.05) is 43.6 Å². The van der Waals surface area contributed by atoms with E-state index in [1.54, 1.807) is 18.4 Å². The van der Waals surface area contributed by atoms with Gasteiger partial charge in [-0.05, 0) is 30.8 Å². The van der Waals surface area contributed by atoms with E-state index in [1.165, 1.54) is 10.4 Å². The molecule has 2 aromatic heterocycles. The van der Waals surface area contributed by atoms with E-state index in [0.717, 1.165) is 50.4 Å². The number of hydrogen-bond acceptors (Lipinski definition) is 7. The summed E-state index contributed by atoms with van der Waals surface area (Å²) >= 11 is 1.80. The molecule has 0 saturated carbocycles. The van der Waals surface area contributed by atoms with Crippen LogP contribution in [0.1, 0.15) is 16.1 Å². The summed E-state index contributed by atoms with van der Waals surface area (Å²) in [6, 6.07) is 4.27. The number of hydrogen-bond donors (Lipinski definition) is 3. The Morgan fingerprint density at radius 3 is 2.96 bits per heavy atom. The molecule has 0 unspecified atom stereocenters. The van der Waals surface area contributed by atoms with Crippen LogP contribution in [0.3, 0.4) is 0 Å². The molecule has 3 rings (SSSR count). The van der Waals surface area contributed by atoms with Crippen molar-refractivity contribution in [2.24, 2.45) is 0 Å². The van der Waals surface area contributed by atoms with Crippen molar-refractivity contribution in [3.63, 3.8) is 0 Å². The number of ether oxygens (including phenoxy) is 1. The molecular formula is C17H25N5OS. The largest absolute Gasteiger partial charge is 0.383 e. The molecule has 130 valence electrons. The zero-order valence-electron chi connectivity index (χ0n) is 14.1. The van der Waals surface area contributed by atoms with Crippen LogP contribution in [0.2, 0.25) is 0 Å². The fraction of sp³-hybridized carbons (Fsp3) is 0.529. The molecular weight excluding hydrogens is 322 g/mol. The summed E-state index contributed by atoms with van der Waals surface area (Å²) < 4.78 is 5.09. The molecule has 24 heavy (non-hydrogen) atoms. The minimum absolute atomic E-state index is 0.642. The smallest absolute Gasteiger partial charge is 0.224 e. The maximum atomic E-state index is 5.09. The van der Waals surface area contributed by atoms with Crippen molar-refractivity contribution >= 4 is 23.1 Å². The second-order valence-corrected chi connectivity index (χ2v) is 6.78. The molecule has 0 saturated heterocycles. The molecule has 1 aliphatic heterocycles. The monoisotopic (exact) mass is 347 g/mol. The van der Waals surface area contributed by atoms with Gasteiger partial charge in [0.2, 0.25) is 5.95 Å². The van der Waals surface area contributed by atoms with Crippen LogP contribution in [0.15, 0.2) is 17.5 Å².